The van der Waals surface area contributed by atoms with E-state index in [1.807, 2.05) is 0 Å². The van der Waals surface area contributed by atoms with Gasteiger partial charge in [0, 0.05) is 25.6 Å². The van der Waals surface area contributed by atoms with Crippen molar-refractivity contribution in [3.8, 4) is 0 Å². The van der Waals surface area contributed by atoms with Crippen molar-refractivity contribution in [2.45, 2.75) is 38.6 Å². The van der Waals surface area contributed by atoms with E-state index in [2.05, 4.69) is 12.2 Å². The number of nitrogens with one attached hydrogen (secondary N) is 1. The minimum Gasteiger partial charge on any atom is -0.381 e. The second kappa shape index (κ2) is 6.80. The highest BCUT2D eigenvalue weighted by Crippen LogP contribution is 2.32. The molecule has 0 aromatic rings. The first kappa shape index (κ1) is 12.5. The maximum absolute atomic E-state index is 11.5. The average molecular weight is 214 g/mol. The third kappa shape index (κ3) is 5.14. The van der Waals surface area contributed by atoms with Gasteiger partial charge in [-0.3, -0.25) is 4.79 Å². The molecule has 4 nitrogen and oxygen atoms in total. The van der Waals surface area contributed by atoms with E-state index < -0.39 is 0 Å². The molecule has 1 aliphatic rings. The fraction of sp³-hybridized carbons (Fsp3) is 0.909. The SMILES string of the molecule is CCCOCCC(=O)NC(CN)C1CC1. The van der Waals surface area contributed by atoms with Crippen molar-refractivity contribution < 1.29 is 9.53 Å². The van der Waals surface area contributed by atoms with Crippen molar-refractivity contribution in [2.24, 2.45) is 11.7 Å². The van der Waals surface area contributed by atoms with E-state index in [0.29, 0.717) is 25.5 Å². The second-order valence-corrected chi connectivity index (χ2v) is 4.11. The molecule has 0 aromatic carbocycles. The Morgan fingerprint density at radius 1 is 1.53 bits per heavy atom. The maximum Gasteiger partial charge on any atom is 0.222 e. The summed E-state index contributed by atoms with van der Waals surface area (Å²) in [6.07, 6.45) is 3.85. The van der Waals surface area contributed by atoms with Crippen LogP contribution in [0.15, 0.2) is 0 Å². The summed E-state index contributed by atoms with van der Waals surface area (Å²) in [4.78, 5) is 11.5. The fourth-order valence-electron chi connectivity index (χ4n) is 1.56. The van der Waals surface area contributed by atoms with Crippen LogP contribution in [0.4, 0.5) is 0 Å². The molecule has 1 amide bonds. The van der Waals surface area contributed by atoms with Gasteiger partial charge < -0.3 is 15.8 Å². The van der Waals surface area contributed by atoms with Gasteiger partial charge in [-0.2, -0.15) is 0 Å². The van der Waals surface area contributed by atoms with Crippen LogP contribution >= 0.6 is 0 Å². The van der Waals surface area contributed by atoms with Crippen molar-refractivity contribution in [2.75, 3.05) is 19.8 Å². The number of carbonyl (C=O) groups excluding carboxylic acids is 1. The van der Waals surface area contributed by atoms with Gasteiger partial charge in [0.1, 0.15) is 0 Å². The maximum atomic E-state index is 11.5. The fourth-order valence-corrected chi connectivity index (χ4v) is 1.56. The van der Waals surface area contributed by atoms with Crippen LogP contribution in [-0.4, -0.2) is 31.7 Å². The summed E-state index contributed by atoms with van der Waals surface area (Å²) in [7, 11) is 0. The number of nitrogens with two attached hydrogens (primary N) is 1. The summed E-state index contributed by atoms with van der Waals surface area (Å²) < 4.78 is 5.25. The van der Waals surface area contributed by atoms with Crippen molar-refractivity contribution in [3.63, 3.8) is 0 Å². The van der Waals surface area contributed by atoms with Crippen LogP contribution in [0.1, 0.15) is 32.6 Å². The summed E-state index contributed by atoms with van der Waals surface area (Å²) >= 11 is 0. The van der Waals surface area contributed by atoms with Crippen LogP contribution in [-0.2, 0) is 9.53 Å². The van der Waals surface area contributed by atoms with Crippen molar-refractivity contribution in [1.29, 1.82) is 0 Å². The van der Waals surface area contributed by atoms with Crippen molar-refractivity contribution >= 4 is 5.91 Å². The quantitative estimate of drug-likeness (QED) is 0.583. The molecule has 0 radical (unpaired) electrons. The molecule has 0 bridgehead atoms. The summed E-state index contributed by atoms with van der Waals surface area (Å²) in [5.41, 5.74) is 5.59. The van der Waals surface area contributed by atoms with Crippen LogP contribution in [0.2, 0.25) is 0 Å². The minimum atomic E-state index is 0.0634. The lowest BCUT2D eigenvalue weighted by atomic mass is 10.2. The molecule has 88 valence electrons. The number of rotatable bonds is 8. The van der Waals surface area contributed by atoms with Gasteiger partial charge in [0.25, 0.3) is 0 Å². The van der Waals surface area contributed by atoms with Gasteiger partial charge in [0.15, 0.2) is 0 Å². The van der Waals surface area contributed by atoms with Gasteiger partial charge >= 0.3 is 0 Å². The molecule has 4 heteroatoms. The lowest BCUT2D eigenvalue weighted by Crippen LogP contribution is -2.42. The Hall–Kier alpha value is -0.610. The Bertz CT molecular complexity index is 193. The average Bonchev–Trinajstić information content (AvgIpc) is 3.05. The predicted octanol–water partition coefficient (Wildman–Crippen LogP) is 0.657. The molecule has 1 fully saturated rings. The van der Waals surface area contributed by atoms with Crippen LogP contribution in [0, 0.1) is 5.92 Å². The molecule has 0 heterocycles. The monoisotopic (exact) mass is 214 g/mol. The molecule has 1 atom stereocenters. The highest BCUT2D eigenvalue weighted by molar-refractivity contribution is 5.76. The van der Waals surface area contributed by atoms with Crippen molar-refractivity contribution in [1.82, 2.24) is 5.32 Å². The molecule has 1 unspecified atom stereocenters. The largest absolute Gasteiger partial charge is 0.381 e. The van der Waals surface area contributed by atoms with Crippen LogP contribution < -0.4 is 11.1 Å². The van der Waals surface area contributed by atoms with E-state index in [1.165, 1.54) is 12.8 Å². The lowest BCUT2D eigenvalue weighted by molar-refractivity contribution is -0.123. The molecule has 0 aromatic heterocycles. The first-order chi connectivity index (χ1) is 7.27. The Balaban J connectivity index is 2.05. The van der Waals surface area contributed by atoms with E-state index in [4.69, 9.17) is 10.5 Å². The molecule has 1 saturated carbocycles. The lowest BCUT2D eigenvalue weighted by Gasteiger charge is -2.15. The van der Waals surface area contributed by atoms with Gasteiger partial charge in [-0.25, -0.2) is 0 Å². The van der Waals surface area contributed by atoms with E-state index >= 15 is 0 Å². The zero-order valence-electron chi connectivity index (χ0n) is 9.50. The van der Waals surface area contributed by atoms with Gasteiger partial charge in [-0.1, -0.05) is 6.92 Å². The smallest absolute Gasteiger partial charge is 0.222 e. The summed E-state index contributed by atoms with van der Waals surface area (Å²) in [5, 5.41) is 2.96. The molecule has 3 N–H and O–H groups in total. The zero-order valence-corrected chi connectivity index (χ0v) is 9.50. The summed E-state index contributed by atoms with van der Waals surface area (Å²) in [6.45, 7) is 3.85. The van der Waals surface area contributed by atoms with E-state index in [9.17, 15) is 4.79 Å². The third-order valence-electron chi connectivity index (χ3n) is 2.61. The second-order valence-electron chi connectivity index (χ2n) is 4.11. The summed E-state index contributed by atoms with van der Waals surface area (Å²) in [5.74, 6) is 0.684. The minimum absolute atomic E-state index is 0.0634. The van der Waals surface area contributed by atoms with Gasteiger partial charge in [0.2, 0.25) is 5.91 Å². The van der Waals surface area contributed by atoms with Crippen LogP contribution in [0.3, 0.4) is 0 Å². The summed E-state index contributed by atoms with van der Waals surface area (Å²) in [6, 6.07) is 0.184. The number of hydrogen-bond acceptors (Lipinski definition) is 3. The molecular weight excluding hydrogens is 192 g/mol. The molecular formula is C11H22N2O2. The number of ether oxygens (including phenoxy) is 1. The van der Waals surface area contributed by atoms with Gasteiger partial charge in [-0.15, -0.1) is 0 Å². The van der Waals surface area contributed by atoms with Gasteiger partial charge in [-0.05, 0) is 25.2 Å². The standard InChI is InChI=1S/C11H22N2O2/c1-2-6-15-7-5-11(14)13-10(8-12)9-3-4-9/h9-10H,2-8,12H2,1H3,(H,13,14). The predicted molar refractivity (Wildman–Crippen MR) is 59.4 cm³/mol. The molecule has 15 heavy (non-hydrogen) atoms. The Morgan fingerprint density at radius 3 is 2.80 bits per heavy atom. The van der Waals surface area contributed by atoms with E-state index in [-0.39, 0.29) is 11.9 Å². The highest BCUT2D eigenvalue weighted by Gasteiger charge is 2.30. The molecule has 0 saturated heterocycles. The van der Waals surface area contributed by atoms with Crippen LogP contribution in [0.25, 0.3) is 0 Å². The Labute approximate surface area is 91.5 Å². The Kier molecular flexibility index (Phi) is 5.65. The normalized spacial score (nSPS) is 17.5. The number of amides is 1. The molecule has 0 spiro atoms. The van der Waals surface area contributed by atoms with Gasteiger partial charge in [0.05, 0.1) is 6.61 Å². The Morgan fingerprint density at radius 2 is 2.27 bits per heavy atom. The number of hydrogen-bond donors (Lipinski definition) is 2. The first-order valence-electron chi connectivity index (χ1n) is 5.85. The third-order valence-corrected chi connectivity index (χ3v) is 2.61. The number of carbonyl (C=O) groups is 1. The zero-order chi connectivity index (χ0) is 11.1. The van der Waals surface area contributed by atoms with E-state index in [0.717, 1.165) is 13.0 Å². The first-order valence-corrected chi connectivity index (χ1v) is 5.85. The topological polar surface area (TPSA) is 64.3 Å². The highest BCUT2D eigenvalue weighted by atomic mass is 16.5. The van der Waals surface area contributed by atoms with Crippen molar-refractivity contribution in [3.05, 3.63) is 0 Å². The molecule has 1 rings (SSSR count). The van der Waals surface area contributed by atoms with Crippen LogP contribution in [0.5, 0.6) is 0 Å². The van der Waals surface area contributed by atoms with E-state index in [1.54, 1.807) is 0 Å². The molecule has 0 aliphatic heterocycles. The molecule has 1 aliphatic carbocycles.